The number of carbonyl (C=O) groups excluding carboxylic acids is 1. The van der Waals surface area contributed by atoms with Gasteiger partial charge in [0.2, 0.25) is 5.91 Å². The minimum Gasteiger partial charge on any atom is -0.326 e. The van der Waals surface area contributed by atoms with Crippen molar-refractivity contribution in [1.82, 2.24) is 15.1 Å². The van der Waals surface area contributed by atoms with Gasteiger partial charge >= 0.3 is 0 Å². The molecule has 1 amide bonds. The van der Waals surface area contributed by atoms with Crippen LogP contribution in [0.15, 0.2) is 42.7 Å². The lowest BCUT2D eigenvalue weighted by Crippen LogP contribution is -2.39. The second-order valence-electron chi connectivity index (χ2n) is 4.98. The second kappa shape index (κ2) is 8.22. The summed E-state index contributed by atoms with van der Waals surface area (Å²) in [6.45, 7) is 0.987. The van der Waals surface area contributed by atoms with Crippen LogP contribution in [0.4, 0.5) is 5.69 Å². The van der Waals surface area contributed by atoms with Crippen molar-refractivity contribution in [2.24, 2.45) is 0 Å². The zero-order valence-electron chi connectivity index (χ0n) is 12.1. The number of rotatable bonds is 4. The van der Waals surface area contributed by atoms with Crippen LogP contribution in [0.1, 0.15) is 6.42 Å². The molecule has 0 radical (unpaired) electrons. The average molecular weight is 339 g/mol. The Balaban J connectivity index is 0.00000176. The summed E-state index contributed by atoms with van der Waals surface area (Å²) in [6.07, 6.45) is 4.15. The van der Waals surface area contributed by atoms with E-state index in [0.717, 1.165) is 29.4 Å². The molecule has 2 heterocycles. The topological polar surface area (TPSA) is 59.0 Å². The molecule has 5 nitrogen and oxygen atoms in total. The molecule has 1 atom stereocenters. The van der Waals surface area contributed by atoms with Gasteiger partial charge < -0.3 is 10.6 Å². The van der Waals surface area contributed by atoms with Crippen LogP contribution >= 0.6 is 24.2 Å². The van der Waals surface area contributed by atoms with E-state index in [2.05, 4.69) is 15.7 Å². The zero-order valence-corrected chi connectivity index (χ0v) is 13.7. The Morgan fingerprint density at radius 3 is 2.86 bits per heavy atom. The Labute approximate surface area is 140 Å². The molecule has 7 heteroatoms. The van der Waals surface area contributed by atoms with E-state index in [1.807, 2.05) is 48.3 Å². The fourth-order valence-electron chi connectivity index (χ4n) is 2.31. The number of halogens is 1. The number of hydrogen-bond donors (Lipinski definition) is 2. The van der Waals surface area contributed by atoms with Gasteiger partial charge in [-0.25, -0.2) is 4.68 Å². The van der Waals surface area contributed by atoms with Crippen molar-refractivity contribution in [3.8, 4) is 5.69 Å². The summed E-state index contributed by atoms with van der Waals surface area (Å²) in [5.74, 6) is 2.19. The molecule has 0 bridgehead atoms. The van der Waals surface area contributed by atoms with Crippen molar-refractivity contribution in [1.29, 1.82) is 0 Å². The van der Waals surface area contributed by atoms with Crippen molar-refractivity contribution in [2.45, 2.75) is 12.5 Å². The highest BCUT2D eigenvalue weighted by atomic mass is 35.5. The summed E-state index contributed by atoms with van der Waals surface area (Å²) in [5, 5.41) is 10.5. The molecule has 1 aromatic carbocycles. The molecular weight excluding hydrogens is 320 g/mol. The lowest BCUT2D eigenvalue weighted by Gasteiger charge is -2.22. The largest absolute Gasteiger partial charge is 0.326 e. The monoisotopic (exact) mass is 338 g/mol. The minimum absolute atomic E-state index is 0. The number of hydrogen-bond acceptors (Lipinski definition) is 4. The molecule has 0 spiro atoms. The molecule has 22 heavy (non-hydrogen) atoms. The Morgan fingerprint density at radius 2 is 2.23 bits per heavy atom. The van der Waals surface area contributed by atoms with Crippen LogP contribution in [0, 0.1) is 0 Å². The van der Waals surface area contributed by atoms with Crippen LogP contribution in [0.25, 0.3) is 5.69 Å². The Kier molecular flexibility index (Phi) is 6.30. The third-order valence-corrected chi connectivity index (χ3v) is 4.48. The lowest BCUT2D eigenvalue weighted by molar-refractivity contribution is -0.116. The summed E-state index contributed by atoms with van der Waals surface area (Å²) in [5.41, 5.74) is 1.79. The quantitative estimate of drug-likeness (QED) is 0.898. The Hall–Kier alpha value is -1.50. The molecule has 1 fully saturated rings. The maximum absolute atomic E-state index is 12.0. The fourth-order valence-corrected chi connectivity index (χ4v) is 3.25. The van der Waals surface area contributed by atoms with E-state index in [-0.39, 0.29) is 24.4 Å². The number of amides is 1. The highest BCUT2D eigenvalue weighted by Gasteiger charge is 2.16. The van der Waals surface area contributed by atoms with Gasteiger partial charge in [0.15, 0.2) is 0 Å². The summed E-state index contributed by atoms with van der Waals surface area (Å²) >= 11 is 1.90. The molecule has 2 aromatic rings. The maximum atomic E-state index is 12.0. The van der Waals surface area contributed by atoms with Crippen LogP contribution in [-0.2, 0) is 4.79 Å². The summed E-state index contributed by atoms with van der Waals surface area (Å²) in [6, 6.07) is 9.85. The molecule has 1 aromatic heterocycles. The molecule has 1 aliphatic heterocycles. The van der Waals surface area contributed by atoms with E-state index in [9.17, 15) is 4.79 Å². The van der Waals surface area contributed by atoms with Crippen LogP contribution in [0.5, 0.6) is 0 Å². The van der Waals surface area contributed by atoms with Gasteiger partial charge in [-0.2, -0.15) is 16.9 Å². The number of benzene rings is 1. The molecule has 118 valence electrons. The summed E-state index contributed by atoms with van der Waals surface area (Å²) in [7, 11) is 0. The molecule has 1 aliphatic rings. The molecule has 1 saturated heterocycles. The zero-order chi connectivity index (χ0) is 14.5. The van der Waals surface area contributed by atoms with E-state index >= 15 is 0 Å². The van der Waals surface area contributed by atoms with Gasteiger partial charge in [-0.1, -0.05) is 0 Å². The first kappa shape index (κ1) is 16.9. The van der Waals surface area contributed by atoms with Gasteiger partial charge in [0, 0.05) is 48.6 Å². The van der Waals surface area contributed by atoms with Crippen LogP contribution < -0.4 is 10.6 Å². The normalized spacial score (nSPS) is 17.5. The minimum atomic E-state index is 0. The van der Waals surface area contributed by atoms with Gasteiger partial charge in [-0.05, 0) is 30.3 Å². The molecule has 3 rings (SSSR count). The number of anilines is 1. The van der Waals surface area contributed by atoms with E-state index in [4.69, 9.17) is 0 Å². The second-order valence-corrected chi connectivity index (χ2v) is 6.13. The fraction of sp³-hybridized carbons (Fsp3) is 0.333. The van der Waals surface area contributed by atoms with Gasteiger partial charge in [-0.3, -0.25) is 4.79 Å². The number of nitrogens with zero attached hydrogens (tertiary/aromatic N) is 2. The Morgan fingerprint density at radius 1 is 1.41 bits per heavy atom. The first-order valence-corrected chi connectivity index (χ1v) is 8.18. The number of nitrogens with one attached hydrogen (secondary N) is 2. The SMILES string of the molecule is Cl.O=C(CC1CSCCN1)Nc1ccc(-n2cccn2)cc1. The van der Waals surface area contributed by atoms with Gasteiger partial charge in [0.1, 0.15) is 0 Å². The van der Waals surface area contributed by atoms with E-state index in [1.165, 1.54) is 0 Å². The van der Waals surface area contributed by atoms with Crippen LogP contribution in [-0.4, -0.2) is 39.8 Å². The molecule has 0 aliphatic carbocycles. The van der Waals surface area contributed by atoms with Crippen molar-refractivity contribution >= 4 is 35.8 Å². The molecule has 0 saturated carbocycles. The highest BCUT2D eigenvalue weighted by molar-refractivity contribution is 7.99. The molecule has 2 N–H and O–H groups in total. The van der Waals surface area contributed by atoms with Crippen molar-refractivity contribution < 1.29 is 4.79 Å². The van der Waals surface area contributed by atoms with Gasteiger partial charge in [0.25, 0.3) is 0 Å². The highest BCUT2D eigenvalue weighted by Crippen LogP contribution is 2.14. The third kappa shape index (κ3) is 4.50. The smallest absolute Gasteiger partial charge is 0.225 e. The number of aromatic nitrogens is 2. The molecule has 1 unspecified atom stereocenters. The lowest BCUT2D eigenvalue weighted by atomic mass is 10.2. The summed E-state index contributed by atoms with van der Waals surface area (Å²) in [4.78, 5) is 12.0. The van der Waals surface area contributed by atoms with E-state index in [1.54, 1.807) is 10.9 Å². The van der Waals surface area contributed by atoms with Crippen LogP contribution in [0.2, 0.25) is 0 Å². The van der Waals surface area contributed by atoms with Gasteiger partial charge in [0.05, 0.1) is 5.69 Å². The molecular formula is C15H19ClN4OS. The first-order valence-electron chi connectivity index (χ1n) is 7.02. The maximum Gasteiger partial charge on any atom is 0.225 e. The number of thioether (sulfide) groups is 1. The van der Waals surface area contributed by atoms with Crippen molar-refractivity contribution in [3.63, 3.8) is 0 Å². The standard InChI is InChI=1S/C15H18N4OS.ClH/c20-15(10-13-11-21-9-7-16-13)18-12-2-4-14(5-3-12)19-8-1-6-17-19;/h1-6,8,13,16H,7,9-11H2,(H,18,20);1H. The average Bonchev–Trinajstić information content (AvgIpc) is 3.03. The van der Waals surface area contributed by atoms with E-state index < -0.39 is 0 Å². The first-order chi connectivity index (χ1) is 10.3. The van der Waals surface area contributed by atoms with Crippen molar-refractivity contribution in [2.75, 3.05) is 23.4 Å². The predicted octanol–water partition coefficient (Wildman–Crippen LogP) is 2.33. The Bertz CT molecular complexity index is 582. The third-order valence-electron chi connectivity index (χ3n) is 3.35. The van der Waals surface area contributed by atoms with E-state index in [0.29, 0.717) is 6.42 Å². The summed E-state index contributed by atoms with van der Waals surface area (Å²) < 4.78 is 1.79. The number of carbonyl (C=O) groups is 1. The van der Waals surface area contributed by atoms with Gasteiger partial charge in [-0.15, -0.1) is 12.4 Å². The van der Waals surface area contributed by atoms with Crippen molar-refractivity contribution in [3.05, 3.63) is 42.7 Å². The van der Waals surface area contributed by atoms with Crippen LogP contribution in [0.3, 0.4) is 0 Å². The predicted molar refractivity (Wildman–Crippen MR) is 93.2 cm³/mol.